The molecule has 144 valence electrons. The van der Waals surface area contributed by atoms with Crippen LogP contribution in [0.5, 0.6) is 5.75 Å². The van der Waals surface area contributed by atoms with Gasteiger partial charge in [0.25, 0.3) is 5.91 Å². The Morgan fingerprint density at radius 2 is 1.96 bits per heavy atom. The molecule has 2 aliphatic heterocycles. The first-order valence-electron chi connectivity index (χ1n) is 9.78. The number of amides is 1. The van der Waals surface area contributed by atoms with Crippen LogP contribution in [0, 0.1) is 0 Å². The minimum atomic E-state index is -0.257. The molecule has 28 heavy (non-hydrogen) atoms. The lowest BCUT2D eigenvalue weighted by Crippen LogP contribution is -2.43. The van der Waals surface area contributed by atoms with E-state index in [9.17, 15) is 4.79 Å². The molecule has 7 nitrogen and oxygen atoms in total. The number of para-hydroxylation sites is 1. The van der Waals surface area contributed by atoms with E-state index in [-0.39, 0.29) is 11.5 Å². The summed E-state index contributed by atoms with van der Waals surface area (Å²) >= 11 is 0. The van der Waals surface area contributed by atoms with Gasteiger partial charge in [-0.2, -0.15) is 10.2 Å². The Labute approximate surface area is 163 Å². The summed E-state index contributed by atoms with van der Waals surface area (Å²) < 4.78 is 10.0. The highest BCUT2D eigenvalue weighted by molar-refractivity contribution is 5.92. The second-order valence-corrected chi connectivity index (χ2v) is 7.60. The summed E-state index contributed by atoms with van der Waals surface area (Å²) in [5.74, 6) is 0.947. The van der Waals surface area contributed by atoms with E-state index in [2.05, 4.69) is 16.3 Å². The first-order chi connectivity index (χ1) is 13.7. The van der Waals surface area contributed by atoms with Crippen LogP contribution in [0.25, 0.3) is 0 Å². The van der Waals surface area contributed by atoms with Crippen molar-refractivity contribution in [1.29, 1.82) is 0 Å². The van der Waals surface area contributed by atoms with Gasteiger partial charge in [-0.3, -0.25) is 14.2 Å². The SMILES string of the molecule is O=C(c1ccn(CCn2cccn2)n1)N1CC[C@]2(CCc3ccccc3O2)C1. The fourth-order valence-corrected chi connectivity index (χ4v) is 4.16. The van der Waals surface area contributed by atoms with Crippen LogP contribution < -0.4 is 4.74 Å². The van der Waals surface area contributed by atoms with Crippen molar-refractivity contribution in [2.24, 2.45) is 0 Å². The summed E-state index contributed by atoms with van der Waals surface area (Å²) in [5.41, 5.74) is 1.50. The molecule has 2 aliphatic rings. The Bertz CT molecular complexity index is 980. The highest BCUT2D eigenvalue weighted by Crippen LogP contribution is 2.38. The van der Waals surface area contributed by atoms with Crippen LogP contribution in [0.1, 0.15) is 28.9 Å². The number of hydrogen-bond acceptors (Lipinski definition) is 4. The minimum Gasteiger partial charge on any atom is -0.485 e. The van der Waals surface area contributed by atoms with E-state index in [0.717, 1.165) is 31.6 Å². The zero-order valence-corrected chi connectivity index (χ0v) is 15.7. The summed E-state index contributed by atoms with van der Waals surface area (Å²) in [6.45, 7) is 2.74. The van der Waals surface area contributed by atoms with Crippen molar-refractivity contribution < 1.29 is 9.53 Å². The Morgan fingerprint density at radius 1 is 1.07 bits per heavy atom. The quantitative estimate of drug-likeness (QED) is 0.700. The number of hydrogen-bond donors (Lipinski definition) is 0. The highest BCUT2D eigenvalue weighted by Gasteiger charge is 2.44. The predicted molar refractivity (Wildman–Crippen MR) is 103 cm³/mol. The lowest BCUT2D eigenvalue weighted by Gasteiger charge is -2.35. The number of likely N-dealkylation sites (tertiary alicyclic amines) is 1. The minimum absolute atomic E-state index is 0.0165. The van der Waals surface area contributed by atoms with E-state index in [1.165, 1.54) is 5.56 Å². The molecule has 1 spiro atoms. The van der Waals surface area contributed by atoms with Crippen molar-refractivity contribution in [1.82, 2.24) is 24.5 Å². The van der Waals surface area contributed by atoms with Gasteiger partial charge in [0.1, 0.15) is 17.0 Å². The second-order valence-electron chi connectivity index (χ2n) is 7.60. The Hall–Kier alpha value is -3.09. The van der Waals surface area contributed by atoms with Crippen molar-refractivity contribution >= 4 is 5.91 Å². The number of aryl methyl sites for hydroxylation is 3. The zero-order chi connectivity index (χ0) is 19.0. The van der Waals surface area contributed by atoms with Gasteiger partial charge in [0.05, 0.1) is 19.6 Å². The number of nitrogens with zero attached hydrogens (tertiary/aromatic N) is 5. The summed E-state index contributed by atoms with van der Waals surface area (Å²) in [4.78, 5) is 14.8. The normalized spacial score (nSPS) is 20.9. The molecule has 0 radical (unpaired) electrons. The van der Waals surface area contributed by atoms with Gasteiger partial charge in [-0.15, -0.1) is 0 Å². The molecular weight excluding hydrogens is 354 g/mol. The molecule has 1 aromatic carbocycles. The topological polar surface area (TPSA) is 65.2 Å². The molecule has 0 unspecified atom stereocenters. The molecule has 5 rings (SSSR count). The standard InChI is InChI=1S/C21H23N5O2/c27-20(18-7-12-26(23-18)15-14-25-11-3-10-22-25)24-13-9-21(16-24)8-6-17-4-1-2-5-19(17)28-21/h1-5,7,10-12H,6,8-9,13-16H2/t21-/m1/s1. The molecule has 1 atom stereocenters. The Morgan fingerprint density at radius 3 is 2.86 bits per heavy atom. The van der Waals surface area contributed by atoms with E-state index in [0.29, 0.717) is 25.3 Å². The van der Waals surface area contributed by atoms with E-state index >= 15 is 0 Å². The molecule has 4 heterocycles. The first-order valence-corrected chi connectivity index (χ1v) is 9.78. The lowest BCUT2D eigenvalue weighted by molar-refractivity contribution is 0.0482. The number of carbonyl (C=O) groups excluding carboxylic acids is 1. The van der Waals surface area contributed by atoms with Gasteiger partial charge in [-0.25, -0.2) is 0 Å². The highest BCUT2D eigenvalue weighted by atomic mass is 16.5. The molecule has 0 saturated carbocycles. The van der Waals surface area contributed by atoms with Crippen molar-refractivity contribution in [2.45, 2.75) is 38.0 Å². The van der Waals surface area contributed by atoms with Crippen LogP contribution >= 0.6 is 0 Å². The third-order valence-corrected chi connectivity index (χ3v) is 5.73. The summed E-state index contributed by atoms with van der Waals surface area (Å²) in [6.07, 6.45) is 8.35. The Balaban J connectivity index is 1.23. The molecule has 3 aromatic rings. The zero-order valence-electron chi connectivity index (χ0n) is 15.7. The molecule has 7 heteroatoms. The molecule has 0 aliphatic carbocycles. The smallest absolute Gasteiger partial charge is 0.274 e. The number of carbonyl (C=O) groups is 1. The fourth-order valence-electron chi connectivity index (χ4n) is 4.16. The summed E-state index contributed by atoms with van der Waals surface area (Å²) in [5, 5.41) is 8.65. The van der Waals surface area contributed by atoms with E-state index < -0.39 is 0 Å². The molecule has 1 saturated heterocycles. The average molecular weight is 377 g/mol. The summed E-state index contributed by atoms with van der Waals surface area (Å²) in [6, 6.07) is 11.9. The number of aromatic nitrogens is 4. The average Bonchev–Trinajstić information content (AvgIpc) is 3.47. The predicted octanol–water partition coefficient (Wildman–Crippen LogP) is 2.39. The lowest BCUT2D eigenvalue weighted by atomic mass is 9.90. The maximum absolute atomic E-state index is 12.9. The maximum atomic E-state index is 12.9. The van der Waals surface area contributed by atoms with Crippen LogP contribution in [0.3, 0.4) is 0 Å². The molecule has 0 N–H and O–H groups in total. The van der Waals surface area contributed by atoms with E-state index in [1.54, 1.807) is 16.9 Å². The molecule has 1 amide bonds. The van der Waals surface area contributed by atoms with Gasteiger partial charge in [-0.1, -0.05) is 18.2 Å². The van der Waals surface area contributed by atoms with Gasteiger partial charge in [0.15, 0.2) is 0 Å². The third kappa shape index (κ3) is 3.17. The van der Waals surface area contributed by atoms with Gasteiger partial charge < -0.3 is 9.64 Å². The third-order valence-electron chi connectivity index (χ3n) is 5.73. The van der Waals surface area contributed by atoms with Crippen LogP contribution in [-0.4, -0.2) is 49.1 Å². The Kier molecular flexibility index (Phi) is 4.15. The molecule has 1 fully saturated rings. The molecule has 0 bridgehead atoms. The van der Waals surface area contributed by atoms with E-state index in [1.807, 2.05) is 46.2 Å². The number of fused-ring (bicyclic) bond motifs is 1. The fraction of sp³-hybridized carbons (Fsp3) is 0.381. The first kappa shape index (κ1) is 17.0. The van der Waals surface area contributed by atoms with Gasteiger partial charge >= 0.3 is 0 Å². The van der Waals surface area contributed by atoms with Crippen molar-refractivity contribution in [3.63, 3.8) is 0 Å². The number of ether oxygens (including phenoxy) is 1. The van der Waals surface area contributed by atoms with Crippen molar-refractivity contribution in [3.8, 4) is 5.75 Å². The maximum Gasteiger partial charge on any atom is 0.274 e. The van der Waals surface area contributed by atoms with Crippen LogP contribution in [0.15, 0.2) is 55.0 Å². The van der Waals surface area contributed by atoms with Crippen molar-refractivity contribution in [3.05, 3.63) is 66.2 Å². The second kappa shape index (κ2) is 6.82. The molecule has 2 aromatic heterocycles. The largest absolute Gasteiger partial charge is 0.485 e. The van der Waals surface area contributed by atoms with Gasteiger partial charge in [0, 0.05) is 31.6 Å². The monoisotopic (exact) mass is 377 g/mol. The van der Waals surface area contributed by atoms with Crippen LogP contribution in [-0.2, 0) is 19.5 Å². The van der Waals surface area contributed by atoms with Gasteiger partial charge in [0.2, 0.25) is 0 Å². The van der Waals surface area contributed by atoms with E-state index in [4.69, 9.17) is 4.74 Å². The number of rotatable bonds is 4. The van der Waals surface area contributed by atoms with Crippen LogP contribution in [0.2, 0.25) is 0 Å². The van der Waals surface area contributed by atoms with Crippen molar-refractivity contribution in [2.75, 3.05) is 13.1 Å². The van der Waals surface area contributed by atoms with Crippen LogP contribution in [0.4, 0.5) is 0 Å². The summed E-state index contributed by atoms with van der Waals surface area (Å²) in [7, 11) is 0. The van der Waals surface area contributed by atoms with Gasteiger partial charge in [-0.05, 0) is 36.6 Å². The molecular formula is C21H23N5O2. The number of benzene rings is 1.